The van der Waals surface area contributed by atoms with E-state index in [0.29, 0.717) is 6.54 Å². The SMILES string of the molecule is CN(C)CC(O)c1ccc2c(c1)Cc1ccccc1-2. The van der Waals surface area contributed by atoms with Gasteiger partial charge in [-0.25, -0.2) is 0 Å². The van der Waals surface area contributed by atoms with Gasteiger partial charge in [-0.15, -0.1) is 0 Å². The minimum absolute atomic E-state index is 0.413. The van der Waals surface area contributed by atoms with Crippen LogP contribution in [-0.2, 0) is 6.42 Å². The highest BCUT2D eigenvalue weighted by atomic mass is 16.3. The van der Waals surface area contributed by atoms with Gasteiger partial charge in [0.1, 0.15) is 0 Å². The van der Waals surface area contributed by atoms with Crippen molar-refractivity contribution in [3.05, 3.63) is 59.2 Å². The number of aliphatic hydroxyl groups excluding tert-OH is 1. The molecule has 0 bridgehead atoms. The van der Waals surface area contributed by atoms with Gasteiger partial charge in [0.25, 0.3) is 0 Å². The normalized spacial score (nSPS) is 14.3. The predicted molar refractivity (Wildman–Crippen MR) is 78.2 cm³/mol. The van der Waals surface area contributed by atoms with Crippen LogP contribution in [0.2, 0.25) is 0 Å². The van der Waals surface area contributed by atoms with Crippen molar-refractivity contribution in [2.24, 2.45) is 0 Å². The summed E-state index contributed by atoms with van der Waals surface area (Å²) >= 11 is 0. The second kappa shape index (κ2) is 4.80. The molecule has 1 N–H and O–H groups in total. The zero-order chi connectivity index (χ0) is 13.4. The third kappa shape index (κ3) is 2.29. The highest BCUT2D eigenvalue weighted by molar-refractivity contribution is 5.76. The maximum atomic E-state index is 10.2. The summed E-state index contributed by atoms with van der Waals surface area (Å²) in [5, 5.41) is 10.2. The molecule has 2 nitrogen and oxygen atoms in total. The van der Waals surface area contributed by atoms with Crippen LogP contribution in [0.25, 0.3) is 11.1 Å². The number of aliphatic hydroxyl groups is 1. The van der Waals surface area contributed by atoms with Gasteiger partial charge in [-0.05, 0) is 48.3 Å². The van der Waals surface area contributed by atoms with E-state index in [-0.39, 0.29) is 0 Å². The molecule has 0 amide bonds. The summed E-state index contributed by atoms with van der Waals surface area (Å²) in [5.41, 5.74) is 6.39. The van der Waals surface area contributed by atoms with Crippen LogP contribution >= 0.6 is 0 Å². The number of likely N-dealkylation sites (N-methyl/N-ethyl adjacent to an activating group) is 1. The zero-order valence-corrected chi connectivity index (χ0v) is 11.4. The first-order valence-electron chi connectivity index (χ1n) is 6.69. The highest BCUT2D eigenvalue weighted by Crippen LogP contribution is 2.37. The first kappa shape index (κ1) is 12.4. The Labute approximate surface area is 114 Å². The molecule has 1 aliphatic carbocycles. The van der Waals surface area contributed by atoms with Crippen molar-refractivity contribution < 1.29 is 5.11 Å². The second-order valence-corrected chi connectivity index (χ2v) is 5.53. The minimum Gasteiger partial charge on any atom is -0.387 e. The maximum absolute atomic E-state index is 10.2. The summed E-state index contributed by atoms with van der Waals surface area (Å²) in [6.07, 6.45) is 0.567. The Morgan fingerprint density at radius 3 is 2.58 bits per heavy atom. The average Bonchev–Trinajstić information content (AvgIpc) is 2.75. The maximum Gasteiger partial charge on any atom is 0.0916 e. The standard InChI is InChI=1S/C17H19NO/c1-18(2)11-17(19)13-7-8-16-14(10-13)9-12-5-3-4-6-15(12)16/h3-8,10,17,19H,9,11H2,1-2H3. The summed E-state index contributed by atoms with van der Waals surface area (Å²) < 4.78 is 0. The first-order valence-corrected chi connectivity index (χ1v) is 6.69. The van der Waals surface area contributed by atoms with Gasteiger partial charge in [0.05, 0.1) is 6.10 Å². The van der Waals surface area contributed by atoms with Crippen molar-refractivity contribution in [1.82, 2.24) is 4.90 Å². The lowest BCUT2D eigenvalue weighted by Crippen LogP contribution is -2.20. The predicted octanol–water partition coefficient (Wildman–Crippen LogP) is 2.85. The van der Waals surface area contributed by atoms with E-state index in [4.69, 9.17) is 0 Å². The monoisotopic (exact) mass is 253 g/mol. The molecular formula is C17H19NO. The van der Waals surface area contributed by atoms with E-state index in [1.807, 2.05) is 19.0 Å². The molecule has 1 atom stereocenters. The van der Waals surface area contributed by atoms with Crippen LogP contribution in [-0.4, -0.2) is 30.6 Å². The zero-order valence-electron chi connectivity index (χ0n) is 11.4. The molecule has 2 aromatic rings. The van der Waals surface area contributed by atoms with Crippen LogP contribution in [0.4, 0.5) is 0 Å². The van der Waals surface area contributed by atoms with Crippen LogP contribution in [0.5, 0.6) is 0 Å². The van der Waals surface area contributed by atoms with Gasteiger partial charge < -0.3 is 10.0 Å². The summed E-state index contributed by atoms with van der Waals surface area (Å²) in [5.74, 6) is 0. The molecular weight excluding hydrogens is 234 g/mol. The molecule has 2 aromatic carbocycles. The third-order valence-electron chi connectivity index (χ3n) is 3.74. The van der Waals surface area contributed by atoms with Crippen molar-refractivity contribution in [2.75, 3.05) is 20.6 Å². The van der Waals surface area contributed by atoms with E-state index in [0.717, 1.165) is 12.0 Å². The molecule has 0 fully saturated rings. The lowest BCUT2D eigenvalue weighted by Gasteiger charge is -2.17. The van der Waals surface area contributed by atoms with Crippen LogP contribution in [0.3, 0.4) is 0 Å². The van der Waals surface area contributed by atoms with Crippen LogP contribution < -0.4 is 0 Å². The van der Waals surface area contributed by atoms with Gasteiger partial charge in [-0.3, -0.25) is 0 Å². The van der Waals surface area contributed by atoms with Crippen LogP contribution in [0.15, 0.2) is 42.5 Å². The van der Waals surface area contributed by atoms with Gasteiger partial charge in [-0.2, -0.15) is 0 Å². The second-order valence-electron chi connectivity index (χ2n) is 5.53. The lowest BCUT2D eigenvalue weighted by molar-refractivity contribution is 0.138. The third-order valence-corrected chi connectivity index (χ3v) is 3.74. The average molecular weight is 253 g/mol. The minimum atomic E-state index is -0.413. The van der Waals surface area contributed by atoms with E-state index in [1.54, 1.807) is 0 Å². The van der Waals surface area contributed by atoms with Gasteiger partial charge in [0.15, 0.2) is 0 Å². The molecule has 2 heteroatoms. The smallest absolute Gasteiger partial charge is 0.0916 e. The van der Waals surface area contributed by atoms with Crippen LogP contribution in [0.1, 0.15) is 22.8 Å². The molecule has 0 radical (unpaired) electrons. The molecule has 19 heavy (non-hydrogen) atoms. The number of fused-ring (bicyclic) bond motifs is 3. The fraction of sp³-hybridized carbons (Fsp3) is 0.294. The fourth-order valence-corrected chi connectivity index (χ4v) is 2.82. The summed E-state index contributed by atoms with van der Waals surface area (Å²) in [7, 11) is 3.96. The molecule has 1 aliphatic rings. The number of rotatable bonds is 3. The van der Waals surface area contributed by atoms with Crippen molar-refractivity contribution in [2.45, 2.75) is 12.5 Å². The van der Waals surface area contributed by atoms with Gasteiger partial charge in [-0.1, -0.05) is 42.5 Å². The van der Waals surface area contributed by atoms with Gasteiger partial charge in [0.2, 0.25) is 0 Å². The summed E-state index contributed by atoms with van der Waals surface area (Å²) in [4.78, 5) is 2.01. The molecule has 0 saturated heterocycles. The quantitative estimate of drug-likeness (QED) is 0.776. The molecule has 0 heterocycles. The van der Waals surface area contributed by atoms with E-state index in [2.05, 4.69) is 42.5 Å². The van der Waals surface area contributed by atoms with Gasteiger partial charge >= 0.3 is 0 Å². The Bertz CT molecular complexity index is 604. The summed E-state index contributed by atoms with van der Waals surface area (Å²) in [6.45, 7) is 0.658. The van der Waals surface area contributed by atoms with Crippen molar-refractivity contribution in [3.63, 3.8) is 0 Å². The number of nitrogens with zero attached hydrogens (tertiary/aromatic N) is 1. The largest absolute Gasteiger partial charge is 0.387 e. The number of hydrogen-bond donors (Lipinski definition) is 1. The van der Waals surface area contributed by atoms with E-state index in [1.165, 1.54) is 22.3 Å². The number of benzene rings is 2. The molecule has 0 saturated carbocycles. The Balaban J connectivity index is 1.93. The van der Waals surface area contributed by atoms with Crippen LogP contribution in [0, 0.1) is 0 Å². The Kier molecular flexibility index (Phi) is 3.13. The molecule has 98 valence electrons. The highest BCUT2D eigenvalue weighted by Gasteiger charge is 2.19. The fourth-order valence-electron chi connectivity index (χ4n) is 2.82. The Morgan fingerprint density at radius 1 is 1.05 bits per heavy atom. The summed E-state index contributed by atoms with van der Waals surface area (Å²) in [6, 6.07) is 14.9. The topological polar surface area (TPSA) is 23.5 Å². The molecule has 0 aliphatic heterocycles. The van der Waals surface area contributed by atoms with Crippen molar-refractivity contribution in [1.29, 1.82) is 0 Å². The molecule has 0 aromatic heterocycles. The first-order chi connectivity index (χ1) is 9.15. The Hall–Kier alpha value is -1.64. The van der Waals surface area contributed by atoms with E-state index in [9.17, 15) is 5.11 Å². The number of hydrogen-bond acceptors (Lipinski definition) is 2. The lowest BCUT2D eigenvalue weighted by atomic mass is 10.0. The van der Waals surface area contributed by atoms with Gasteiger partial charge in [0, 0.05) is 6.54 Å². The van der Waals surface area contributed by atoms with E-state index < -0.39 is 6.10 Å². The molecule has 1 unspecified atom stereocenters. The molecule has 3 rings (SSSR count). The van der Waals surface area contributed by atoms with Crippen molar-refractivity contribution >= 4 is 0 Å². The Morgan fingerprint density at radius 2 is 1.79 bits per heavy atom. The molecule has 0 spiro atoms. The van der Waals surface area contributed by atoms with Crippen molar-refractivity contribution in [3.8, 4) is 11.1 Å². The van der Waals surface area contributed by atoms with E-state index >= 15 is 0 Å².